The van der Waals surface area contributed by atoms with E-state index in [1.807, 2.05) is 0 Å². The van der Waals surface area contributed by atoms with E-state index in [9.17, 15) is 0 Å². The van der Waals surface area contributed by atoms with Crippen molar-refractivity contribution in [1.82, 2.24) is 0 Å². The van der Waals surface area contributed by atoms with Gasteiger partial charge in [0, 0.05) is 0 Å². The number of halogens is 2. The first-order chi connectivity index (χ1) is 14.1. The van der Waals surface area contributed by atoms with Gasteiger partial charge in [0.25, 0.3) is 0 Å². The Morgan fingerprint density at radius 3 is 1.19 bits per heavy atom. The molecule has 0 aromatic heterocycles. The fourth-order valence-electron chi connectivity index (χ4n) is 3.90. The summed E-state index contributed by atoms with van der Waals surface area (Å²) < 4.78 is 3.43. The zero-order valence-corrected chi connectivity index (χ0v) is 24.3. The van der Waals surface area contributed by atoms with Crippen molar-refractivity contribution in [2.24, 2.45) is 0 Å². The second kappa shape index (κ2) is 11.8. The van der Waals surface area contributed by atoms with E-state index in [0.29, 0.717) is 0 Å². The molecule has 0 unspecified atom stereocenters. The SMILES string of the molecule is C[Si](C)=C1C=CC(c2ccccc2)=[C]1[Zr+2][C]1=C(c2ccccc2)C=CC1=[Si](C)C.[Cl-].[Cl-]. The van der Waals surface area contributed by atoms with Crippen LogP contribution >= 0.6 is 0 Å². The maximum absolute atomic E-state index is 2.44. The molecule has 0 aliphatic heterocycles. The third-order valence-electron chi connectivity index (χ3n) is 5.41. The van der Waals surface area contributed by atoms with Crippen molar-refractivity contribution in [1.29, 1.82) is 0 Å². The van der Waals surface area contributed by atoms with Crippen LogP contribution in [0.2, 0.25) is 26.2 Å². The van der Waals surface area contributed by atoms with Crippen LogP contribution in [0.4, 0.5) is 0 Å². The van der Waals surface area contributed by atoms with Crippen LogP contribution in [-0.4, -0.2) is 27.2 Å². The quantitative estimate of drug-likeness (QED) is 0.468. The summed E-state index contributed by atoms with van der Waals surface area (Å²) in [6.45, 7) is 9.76. The average Bonchev–Trinajstić information content (AvgIpc) is 3.34. The normalized spacial score (nSPS) is 14.5. The van der Waals surface area contributed by atoms with Crippen molar-refractivity contribution in [3.05, 3.63) is 103 Å². The van der Waals surface area contributed by atoms with E-state index in [4.69, 9.17) is 0 Å². The zero-order valence-electron chi connectivity index (χ0n) is 18.3. The van der Waals surface area contributed by atoms with E-state index in [1.165, 1.54) is 22.3 Å². The predicted octanol–water partition coefficient (Wildman–Crippen LogP) is 0.0561. The fraction of sp³-hybridized carbons (Fsp3) is 0.154. The molecule has 31 heavy (non-hydrogen) atoms. The molecule has 156 valence electrons. The third kappa shape index (κ3) is 5.70. The van der Waals surface area contributed by atoms with Gasteiger partial charge in [-0.2, -0.15) is 0 Å². The van der Waals surface area contributed by atoms with Crippen LogP contribution in [0.5, 0.6) is 0 Å². The van der Waals surface area contributed by atoms with Gasteiger partial charge < -0.3 is 24.8 Å². The standard InChI is InChI=1S/2C13H13Si.2ClH.Zr/c2*1-14(2)13-9-8-12(10-13)11-6-4-3-5-7-11;;;/h2*3-9H,1-2H3;2*1H;/q;;;;+2/p-2. The van der Waals surface area contributed by atoms with Gasteiger partial charge in [0.2, 0.25) is 0 Å². The fourth-order valence-corrected chi connectivity index (χ4v) is 13.9. The summed E-state index contributed by atoms with van der Waals surface area (Å²) in [4.78, 5) is 0. The Balaban J connectivity index is 0.00000171. The van der Waals surface area contributed by atoms with Crippen molar-refractivity contribution in [3.8, 4) is 0 Å². The molecule has 0 saturated heterocycles. The second-order valence-corrected chi connectivity index (χ2v) is 16.1. The summed E-state index contributed by atoms with van der Waals surface area (Å²) in [5.74, 6) is 0. The van der Waals surface area contributed by atoms with Gasteiger partial charge in [-0.15, -0.1) is 0 Å². The largest absolute Gasteiger partial charge is 1.00 e. The number of benzene rings is 2. The summed E-state index contributed by atoms with van der Waals surface area (Å²) >= 11 is -0.951. The summed E-state index contributed by atoms with van der Waals surface area (Å²) in [5, 5.41) is 3.32. The molecule has 0 atom stereocenters. The molecule has 0 heterocycles. The van der Waals surface area contributed by atoms with Gasteiger partial charge in [-0.05, 0) is 0 Å². The van der Waals surface area contributed by atoms with E-state index in [2.05, 4.69) is 111 Å². The van der Waals surface area contributed by atoms with Gasteiger partial charge >= 0.3 is 190 Å². The van der Waals surface area contributed by atoms with E-state index < -0.39 is 40.1 Å². The number of rotatable bonds is 4. The maximum atomic E-state index is 2.44. The van der Waals surface area contributed by atoms with Gasteiger partial charge in [0.1, 0.15) is 0 Å². The summed E-state index contributed by atoms with van der Waals surface area (Å²) in [6.07, 6.45) is 9.66. The average molecular weight is 557 g/mol. The third-order valence-corrected chi connectivity index (χ3v) is 13.5. The Kier molecular flexibility index (Phi) is 9.98. The smallest absolute Gasteiger partial charge is 1.00 e. The molecule has 2 aromatic rings. The first kappa shape index (κ1) is 26.3. The molecule has 2 aliphatic rings. The monoisotopic (exact) mass is 554 g/mol. The van der Waals surface area contributed by atoms with E-state index in [-0.39, 0.29) is 24.8 Å². The van der Waals surface area contributed by atoms with Crippen molar-refractivity contribution >= 4 is 38.3 Å². The molecule has 0 saturated carbocycles. The minimum Gasteiger partial charge on any atom is -1.00 e. The molecule has 0 radical (unpaired) electrons. The molecule has 4 rings (SSSR count). The summed E-state index contributed by atoms with van der Waals surface area (Å²) in [5.41, 5.74) is 5.74. The Bertz CT molecular complexity index is 1040. The van der Waals surface area contributed by atoms with Crippen LogP contribution in [0.25, 0.3) is 11.1 Å². The molecule has 2 aromatic carbocycles. The van der Waals surface area contributed by atoms with Crippen LogP contribution < -0.4 is 24.8 Å². The summed E-state index contributed by atoms with van der Waals surface area (Å²) in [6, 6.07) is 22.0. The van der Waals surface area contributed by atoms with Crippen molar-refractivity contribution in [2.45, 2.75) is 26.2 Å². The van der Waals surface area contributed by atoms with Gasteiger partial charge in [0.05, 0.1) is 0 Å². The number of hydrogen-bond donors (Lipinski definition) is 0. The van der Waals surface area contributed by atoms with Crippen molar-refractivity contribution < 1.29 is 48.0 Å². The first-order valence-corrected chi connectivity index (χ1v) is 17.6. The Hall–Kier alpha value is -0.963. The molecular formula is C26H26Cl2Si2Zr. The predicted molar refractivity (Wildman–Crippen MR) is 130 cm³/mol. The molecule has 0 nitrogen and oxygen atoms in total. The number of allylic oxidation sites excluding steroid dienone is 8. The Labute approximate surface area is 213 Å². The van der Waals surface area contributed by atoms with E-state index in [1.54, 1.807) is 16.9 Å². The molecule has 0 bridgehead atoms. The topological polar surface area (TPSA) is 0 Å². The number of hydrogen-bond acceptors (Lipinski definition) is 0. The Morgan fingerprint density at radius 2 is 0.871 bits per heavy atom. The molecular weight excluding hydrogens is 531 g/mol. The zero-order chi connectivity index (χ0) is 20.4. The molecule has 0 N–H and O–H groups in total. The molecule has 2 aliphatic carbocycles. The van der Waals surface area contributed by atoms with Crippen LogP contribution in [0.15, 0.2) is 91.5 Å². The van der Waals surface area contributed by atoms with Gasteiger partial charge in [-0.25, -0.2) is 0 Å². The minimum absolute atomic E-state index is 0. The first-order valence-electron chi connectivity index (χ1n) is 10.1. The van der Waals surface area contributed by atoms with Crippen LogP contribution in [0, 0.1) is 0 Å². The second-order valence-electron chi connectivity index (χ2n) is 7.93. The minimum atomic E-state index is -0.951. The van der Waals surface area contributed by atoms with Gasteiger partial charge in [-0.1, -0.05) is 0 Å². The van der Waals surface area contributed by atoms with E-state index in [0.717, 1.165) is 0 Å². The van der Waals surface area contributed by atoms with Gasteiger partial charge in [-0.3, -0.25) is 0 Å². The maximum Gasteiger partial charge on any atom is -1.00 e. The molecule has 0 amide bonds. The van der Waals surface area contributed by atoms with E-state index >= 15 is 0 Å². The van der Waals surface area contributed by atoms with Gasteiger partial charge in [0.15, 0.2) is 0 Å². The van der Waals surface area contributed by atoms with Crippen molar-refractivity contribution in [3.63, 3.8) is 0 Å². The molecule has 0 spiro atoms. The Morgan fingerprint density at radius 1 is 0.516 bits per heavy atom. The van der Waals surface area contributed by atoms with Crippen molar-refractivity contribution in [2.75, 3.05) is 0 Å². The van der Waals surface area contributed by atoms with Crippen LogP contribution in [0.1, 0.15) is 11.1 Å². The van der Waals surface area contributed by atoms with Crippen LogP contribution in [-0.2, 0) is 23.2 Å². The molecule has 5 heteroatoms. The molecule has 0 fully saturated rings. The van der Waals surface area contributed by atoms with Crippen LogP contribution in [0.3, 0.4) is 0 Å². The summed E-state index contributed by atoms with van der Waals surface area (Å²) in [7, 11) is -0.978.